The van der Waals surface area contributed by atoms with Crippen molar-refractivity contribution in [2.24, 2.45) is 0 Å². The maximum absolute atomic E-state index is 12.1. The van der Waals surface area contributed by atoms with Gasteiger partial charge < -0.3 is 5.32 Å². The molecule has 0 radical (unpaired) electrons. The van der Waals surface area contributed by atoms with Crippen molar-refractivity contribution < 1.29 is 13.2 Å². The van der Waals surface area contributed by atoms with Gasteiger partial charge >= 0.3 is 6.18 Å². The lowest BCUT2D eigenvalue weighted by molar-refractivity contribution is -0.0890. The first-order chi connectivity index (χ1) is 5.55. The number of nitriles is 1. The number of dihydropyridines is 1. The highest BCUT2D eigenvalue weighted by Gasteiger charge is 2.35. The van der Waals surface area contributed by atoms with Crippen molar-refractivity contribution in [3.63, 3.8) is 0 Å². The molecular weight excluding hydrogens is 169 g/mol. The van der Waals surface area contributed by atoms with Crippen LogP contribution in [-0.4, -0.2) is 12.7 Å². The van der Waals surface area contributed by atoms with Crippen LogP contribution in [0.25, 0.3) is 0 Å². The van der Waals surface area contributed by atoms with E-state index in [9.17, 15) is 13.2 Å². The largest absolute Gasteiger partial charge is 0.417 e. The molecule has 0 atom stereocenters. The van der Waals surface area contributed by atoms with E-state index in [1.54, 1.807) is 0 Å². The Morgan fingerprint density at radius 3 is 2.58 bits per heavy atom. The zero-order chi connectivity index (χ0) is 9.19. The van der Waals surface area contributed by atoms with Gasteiger partial charge in [-0.15, -0.1) is 0 Å². The third-order valence-corrected chi connectivity index (χ3v) is 1.41. The van der Waals surface area contributed by atoms with Crippen LogP contribution in [0.1, 0.15) is 0 Å². The fourth-order valence-electron chi connectivity index (χ4n) is 0.864. The summed E-state index contributed by atoms with van der Waals surface area (Å²) in [6.07, 6.45) is -2.38. The molecule has 0 aromatic carbocycles. The van der Waals surface area contributed by atoms with Crippen LogP contribution in [0, 0.1) is 11.3 Å². The lowest BCUT2D eigenvalue weighted by atomic mass is 10.1. The van der Waals surface area contributed by atoms with Gasteiger partial charge in [-0.1, -0.05) is 0 Å². The van der Waals surface area contributed by atoms with Crippen LogP contribution >= 0.6 is 0 Å². The van der Waals surface area contributed by atoms with Crippen molar-refractivity contribution in [3.8, 4) is 6.07 Å². The van der Waals surface area contributed by atoms with Crippen molar-refractivity contribution >= 4 is 0 Å². The van der Waals surface area contributed by atoms with E-state index in [4.69, 9.17) is 5.26 Å². The van der Waals surface area contributed by atoms with Gasteiger partial charge in [-0.2, -0.15) is 18.4 Å². The third-order valence-electron chi connectivity index (χ3n) is 1.41. The first-order valence-electron chi connectivity index (χ1n) is 3.16. The highest BCUT2D eigenvalue weighted by molar-refractivity contribution is 5.41. The van der Waals surface area contributed by atoms with E-state index < -0.39 is 11.7 Å². The lowest BCUT2D eigenvalue weighted by Crippen LogP contribution is -2.22. The Morgan fingerprint density at radius 2 is 2.17 bits per heavy atom. The van der Waals surface area contributed by atoms with Gasteiger partial charge in [0.05, 0.1) is 23.8 Å². The van der Waals surface area contributed by atoms with Crippen LogP contribution in [0.2, 0.25) is 0 Å². The van der Waals surface area contributed by atoms with E-state index in [1.165, 1.54) is 12.3 Å². The van der Waals surface area contributed by atoms with E-state index in [1.807, 2.05) is 0 Å². The van der Waals surface area contributed by atoms with Crippen LogP contribution in [-0.2, 0) is 0 Å². The molecule has 0 saturated carbocycles. The molecule has 0 bridgehead atoms. The molecule has 0 aliphatic carbocycles. The van der Waals surface area contributed by atoms with E-state index in [2.05, 4.69) is 5.32 Å². The number of nitrogens with zero attached hydrogens (tertiary/aromatic N) is 1. The third kappa shape index (κ3) is 1.59. The monoisotopic (exact) mass is 174 g/mol. The van der Waals surface area contributed by atoms with E-state index >= 15 is 0 Å². The van der Waals surface area contributed by atoms with E-state index in [0.29, 0.717) is 0 Å². The molecule has 0 amide bonds. The Balaban J connectivity index is 3.07. The van der Waals surface area contributed by atoms with Gasteiger partial charge in [0.2, 0.25) is 0 Å². The summed E-state index contributed by atoms with van der Waals surface area (Å²) in [5.74, 6) is 0. The summed E-state index contributed by atoms with van der Waals surface area (Å²) in [6, 6.07) is 1.51. The zero-order valence-corrected chi connectivity index (χ0v) is 5.94. The van der Waals surface area contributed by atoms with E-state index in [-0.39, 0.29) is 12.1 Å². The number of allylic oxidation sites excluding steroid dienone is 2. The molecule has 0 saturated heterocycles. The van der Waals surface area contributed by atoms with Crippen molar-refractivity contribution in [2.75, 3.05) is 6.54 Å². The minimum Gasteiger partial charge on any atom is -0.386 e. The van der Waals surface area contributed by atoms with Crippen LogP contribution < -0.4 is 5.32 Å². The van der Waals surface area contributed by atoms with Crippen molar-refractivity contribution in [3.05, 3.63) is 23.4 Å². The van der Waals surface area contributed by atoms with Gasteiger partial charge in [0.25, 0.3) is 0 Å². The second-order valence-corrected chi connectivity index (χ2v) is 2.22. The van der Waals surface area contributed by atoms with E-state index in [0.717, 1.165) is 6.08 Å². The Morgan fingerprint density at radius 1 is 1.50 bits per heavy atom. The van der Waals surface area contributed by atoms with Crippen molar-refractivity contribution in [1.29, 1.82) is 5.26 Å². The first-order valence-corrected chi connectivity index (χ1v) is 3.16. The summed E-state index contributed by atoms with van der Waals surface area (Å²) in [7, 11) is 0. The maximum atomic E-state index is 12.1. The fraction of sp³-hybridized carbons (Fsp3) is 0.286. The molecule has 0 aromatic heterocycles. The highest BCUT2D eigenvalue weighted by Crippen LogP contribution is 2.29. The molecule has 5 heteroatoms. The van der Waals surface area contributed by atoms with Crippen molar-refractivity contribution in [1.82, 2.24) is 5.32 Å². The topological polar surface area (TPSA) is 35.8 Å². The normalized spacial score (nSPS) is 17.2. The first kappa shape index (κ1) is 8.65. The standard InChI is InChI=1S/C7H5F3N2/c8-7(9,10)6-1-2-12-4-5(6)3-11/h1-2,12H,4H2. The predicted molar refractivity (Wildman–Crippen MR) is 35.8 cm³/mol. The molecule has 12 heavy (non-hydrogen) atoms. The van der Waals surface area contributed by atoms with Crippen LogP contribution in [0.5, 0.6) is 0 Å². The lowest BCUT2D eigenvalue weighted by Gasteiger charge is -2.14. The quantitative estimate of drug-likeness (QED) is 0.603. The Hall–Kier alpha value is -1.44. The highest BCUT2D eigenvalue weighted by atomic mass is 19.4. The Bertz CT molecular complexity index is 280. The van der Waals surface area contributed by atoms with Gasteiger partial charge in [0.15, 0.2) is 0 Å². The van der Waals surface area contributed by atoms with Gasteiger partial charge in [0, 0.05) is 0 Å². The minimum atomic E-state index is -4.43. The Labute approximate surface area is 67.0 Å². The summed E-state index contributed by atoms with van der Waals surface area (Å²) in [4.78, 5) is 0. The van der Waals surface area contributed by atoms with Crippen molar-refractivity contribution in [2.45, 2.75) is 6.18 Å². The number of hydrogen-bond donors (Lipinski definition) is 1. The van der Waals surface area contributed by atoms with Gasteiger partial charge in [-0.3, -0.25) is 0 Å². The van der Waals surface area contributed by atoms with Gasteiger partial charge in [0.1, 0.15) is 0 Å². The number of halogens is 3. The summed E-state index contributed by atoms with van der Waals surface area (Å²) in [5, 5.41) is 10.9. The molecule has 0 unspecified atom stereocenters. The zero-order valence-electron chi connectivity index (χ0n) is 5.94. The number of hydrogen-bond acceptors (Lipinski definition) is 2. The van der Waals surface area contributed by atoms with Crippen LogP contribution in [0.4, 0.5) is 13.2 Å². The summed E-state index contributed by atoms with van der Waals surface area (Å²) >= 11 is 0. The second-order valence-electron chi connectivity index (χ2n) is 2.22. The predicted octanol–water partition coefficient (Wildman–Crippen LogP) is 1.49. The average molecular weight is 174 g/mol. The SMILES string of the molecule is N#CC1=C(C(F)(F)F)C=CNC1. The minimum absolute atomic E-state index is 0.0537. The number of alkyl halides is 3. The second kappa shape index (κ2) is 2.89. The molecular formula is C7H5F3N2. The van der Waals surface area contributed by atoms with Gasteiger partial charge in [-0.25, -0.2) is 0 Å². The summed E-state index contributed by atoms with van der Waals surface area (Å²) < 4.78 is 36.3. The average Bonchev–Trinajstić information content (AvgIpc) is 2.03. The molecule has 1 aliphatic rings. The molecule has 0 aromatic rings. The van der Waals surface area contributed by atoms with Crippen LogP contribution in [0.15, 0.2) is 23.4 Å². The molecule has 1 rings (SSSR count). The molecule has 1 N–H and O–H groups in total. The molecule has 0 fully saturated rings. The molecule has 1 aliphatic heterocycles. The van der Waals surface area contributed by atoms with Crippen LogP contribution in [0.3, 0.4) is 0 Å². The fourth-order valence-corrected chi connectivity index (χ4v) is 0.864. The smallest absolute Gasteiger partial charge is 0.386 e. The van der Waals surface area contributed by atoms with Gasteiger partial charge in [-0.05, 0) is 12.3 Å². The number of nitrogens with one attached hydrogen (secondary N) is 1. The summed E-state index contributed by atoms with van der Waals surface area (Å²) in [6.45, 7) is -0.0537. The number of rotatable bonds is 0. The Kier molecular flexibility index (Phi) is 2.09. The molecule has 0 spiro atoms. The summed E-state index contributed by atoms with van der Waals surface area (Å²) in [5.41, 5.74) is -1.13. The maximum Gasteiger partial charge on any atom is 0.417 e. The molecule has 64 valence electrons. The molecule has 2 nitrogen and oxygen atoms in total. The molecule has 1 heterocycles.